The first-order valence-corrected chi connectivity index (χ1v) is 8.21. The van der Waals surface area contributed by atoms with Crippen LogP contribution in [0.5, 0.6) is 0 Å². The van der Waals surface area contributed by atoms with Gasteiger partial charge in [0.15, 0.2) is 0 Å². The Morgan fingerprint density at radius 2 is 2.25 bits per heavy atom. The van der Waals surface area contributed by atoms with Gasteiger partial charge in [0, 0.05) is 43.5 Å². The van der Waals surface area contributed by atoms with Crippen LogP contribution in [0.25, 0.3) is 0 Å². The molecule has 20 heavy (non-hydrogen) atoms. The van der Waals surface area contributed by atoms with Crippen LogP contribution in [0.1, 0.15) is 29.3 Å². The molecule has 1 aromatic rings. The zero-order valence-corrected chi connectivity index (χ0v) is 12.8. The molecule has 1 aliphatic heterocycles. The lowest BCUT2D eigenvalue weighted by Crippen LogP contribution is -2.49. The van der Waals surface area contributed by atoms with E-state index in [4.69, 9.17) is 0 Å². The molecule has 0 spiro atoms. The maximum absolute atomic E-state index is 12.2. The molecular formula is C14H22N4OS. The van der Waals surface area contributed by atoms with Gasteiger partial charge in [-0.05, 0) is 19.9 Å². The van der Waals surface area contributed by atoms with Crippen LogP contribution in [-0.4, -0.2) is 60.5 Å². The van der Waals surface area contributed by atoms with Gasteiger partial charge < -0.3 is 10.2 Å². The van der Waals surface area contributed by atoms with Gasteiger partial charge in [-0.1, -0.05) is 0 Å². The summed E-state index contributed by atoms with van der Waals surface area (Å²) in [4.78, 5) is 22.1. The van der Waals surface area contributed by atoms with E-state index in [2.05, 4.69) is 15.2 Å². The van der Waals surface area contributed by atoms with Gasteiger partial charge in [-0.2, -0.15) is 0 Å². The number of amides is 1. The Morgan fingerprint density at radius 1 is 1.50 bits per heavy atom. The number of nitrogens with zero attached hydrogens (tertiary/aromatic N) is 3. The Kier molecular flexibility index (Phi) is 4.33. The van der Waals surface area contributed by atoms with Gasteiger partial charge >= 0.3 is 0 Å². The highest BCUT2D eigenvalue weighted by Gasteiger charge is 2.28. The fourth-order valence-electron chi connectivity index (χ4n) is 2.63. The molecule has 6 heteroatoms. The molecular weight excluding hydrogens is 272 g/mol. The van der Waals surface area contributed by atoms with Crippen molar-refractivity contribution in [2.45, 2.75) is 25.3 Å². The number of piperazine rings is 1. The van der Waals surface area contributed by atoms with Gasteiger partial charge in [0.05, 0.1) is 17.7 Å². The summed E-state index contributed by atoms with van der Waals surface area (Å²) in [5.41, 5.74) is 3.21. The van der Waals surface area contributed by atoms with E-state index in [1.54, 1.807) is 11.3 Å². The fraction of sp³-hybridized carbons (Fsp3) is 0.714. The normalized spacial score (nSPS) is 19.6. The maximum atomic E-state index is 12.2. The molecule has 2 fully saturated rings. The summed E-state index contributed by atoms with van der Waals surface area (Å²) in [5, 5.41) is 3.27. The van der Waals surface area contributed by atoms with E-state index in [9.17, 15) is 4.79 Å². The monoisotopic (exact) mass is 294 g/mol. The average Bonchev–Trinajstić information content (AvgIpc) is 3.20. The average molecular weight is 294 g/mol. The van der Waals surface area contributed by atoms with Gasteiger partial charge in [-0.3, -0.25) is 9.69 Å². The molecule has 0 radical (unpaired) electrons. The molecule has 0 unspecified atom stereocenters. The predicted octanol–water partition coefficient (Wildman–Crippen LogP) is 0.884. The zero-order valence-electron chi connectivity index (χ0n) is 12.0. The summed E-state index contributed by atoms with van der Waals surface area (Å²) in [6, 6.07) is 0. The molecule has 0 bridgehead atoms. The second kappa shape index (κ2) is 6.20. The molecule has 2 heterocycles. The Hall–Kier alpha value is -0.980. The number of nitrogens with one attached hydrogen (secondary N) is 1. The molecule has 1 aliphatic carbocycles. The molecule has 1 saturated carbocycles. The summed E-state index contributed by atoms with van der Waals surface area (Å²) >= 11 is 1.72. The molecule has 110 valence electrons. The largest absolute Gasteiger partial charge is 0.339 e. The van der Waals surface area contributed by atoms with Gasteiger partial charge in [-0.15, -0.1) is 11.3 Å². The molecule has 0 atom stereocenters. The minimum atomic E-state index is 0.242. The smallest absolute Gasteiger partial charge is 0.236 e. The van der Waals surface area contributed by atoms with E-state index in [-0.39, 0.29) is 5.91 Å². The first-order chi connectivity index (χ1) is 9.74. The van der Waals surface area contributed by atoms with E-state index >= 15 is 0 Å². The number of carbonyl (C=O) groups excluding carboxylic acids is 1. The molecule has 1 saturated heterocycles. The molecule has 5 nitrogen and oxygen atoms in total. The van der Waals surface area contributed by atoms with Crippen molar-refractivity contribution < 1.29 is 4.79 Å². The Labute approximate surface area is 124 Å². The number of carbonyl (C=O) groups is 1. The highest BCUT2D eigenvalue weighted by atomic mass is 32.1. The molecule has 2 aliphatic rings. The van der Waals surface area contributed by atoms with Crippen molar-refractivity contribution >= 4 is 17.2 Å². The lowest BCUT2D eigenvalue weighted by molar-refractivity contribution is -0.132. The summed E-state index contributed by atoms with van der Waals surface area (Å²) in [6.07, 6.45) is 2.56. The van der Waals surface area contributed by atoms with Gasteiger partial charge in [0.2, 0.25) is 5.91 Å². The highest BCUT2D eigenvalue weighted by molar-refractivity contribution is 7.09. The first kappa shape index (κ1) is 14.0. The van der Waals surface area contributed by atoms with Crippen LogP contribution in [0, 0.1) is 0 Å². The van der Waals surface area contributed by atoms with Crippen molar-refractivity contribution in [3.05, 3.63) is 16.1 Å². The number of hydrogen-bond donors (Lipinski definition) is 1. The fourth-order valence-corrected chi connectivity index (χ4v) is 3.56. The van der Waals surface area contributed by atoms with Crippen molar-refractivity contribution in [3.63, 3.8) is 0 Å². The minimum absolute atomic E-state index is 0.242. The molecule has 3 rings (SSSR count). The van der Waals surface area contributed by atoms with Crippen molar-refractivity contribution in [1.29, 1.82) is 0 Å². The highest BCUT2D eigenvalue weighted by Crippen LogP contribution is 2.41. The second-order valence-corrected chi connectivity index (χ2v) is 6.68. The quantitative estimate of drug-likeness (QED) is 0.876. The van der Waals surface area contributed by atoms with E-state index in [1.807, 2.05) is 17.5 Å². The molecule has 1 N–H and O–H groups in total. The Balaban J connectivity index is 1.52. The lowest BCUT2D eigenvalue weighted by atomic mass is 10.2. The summed E-state index contributed by atoms with van der Waals surface area (Å²) < 4.78 is 0. The number of likely N-dealkylation sites (N-methyl/N-ethyl adjacent to an activating group) is 1. The van der Waals surface area contributed by atoms with Crippen LogP contribution in [-0.2, 0) is 11.3 Å². The third-order valence-electron chi connectivity index (χ3n) is 3.92. The molecule has 1 aromatic heterocycles. The molecule has 0 aromatic carbocycles. The Bertz CT molecular complexity index is 465. The maximum Gasteiger partial charge on any atom is 0.236 e. The minimum Gasteiger partial charge on any atom is -0.339 e. The van der Waals surface area contributed by atoms with Crippen molar-refractivity contribution in [2.24, 2.45) is 0 Å². The predicted molar refractivity (Wildman–Crippen MR) is 79.9 cm³/mol. The third-order valence-corrected chi connectivity index (χ3v) is 4.76. The lowest BCUT2D eigenvalue weighted by Gasteiger charge is -2.29. The van der Waals surface area contributed by atoms with E-state index in [1.165, 1.54) is 23.4 Å². The van der Waals surface area contributed by atoms with Crippen LogP contribution in [0.3, 0.4) is 0 Å². The van der Waals surface area contributed by atoms with E-state index in [0.717, 1.165) is 32.7 Å². The van der Waals surface area contributed by atoms with Gasteiger partial charge in [-0.25, -0.2) is 4.98 Å². The van der Waals surface area contributed by atoms with Crippen LogP contribution < -0.4 is 5.32 Å². The Morgan fingerprint density at radius 3 is 2.95 bits per heavy atom. The topological polar surface area (TPSA) is 48.5 Å². The van der Waals surface area contributed by atoms with Crippen LogP contribution in [0.4, 0.5) is 0 Å². The summed E-state index contributed by atoms with van der Waals surface area (Å²) in [7, 11) is 2.02. The number of rotatable bonds is 5. The van der Waals surface area contributed by atoms with Gasteiger partial charge in [0.1, 0.15) is 0 Å². The van der Waals surface area contributed by atoms with E-state index < -0.39 is 0 Å². The first-order valence-electron chi connectivity index (χ1n) is 7.33. The zero-order chi connectivity index (χ0) is 13.9. The van der Waals surface area contributed by atoms with Crippen LogP contribution >= 0.6 is 11.3 Å². The summed E-state index contributed by atoms with van der Waals surface area (Å²) in [5.74, 6) is 0.931. The summed E-state index contributed by atoms with van der Waals surface area (Å²) in [6.45, 7) is 4.84. The van der Waals surface area contributed by atoms with Crippen molar-refractivity contribution in [1.82, 2.24) is 20.1 Å². The number of aromatic nitrogens is 1. The van der Waals surface area contributed by atoms with Crippen molar-refractivity contribution in [3.8, 4) is 0 Å². The van der Waals surface area contributed by atoms with E-state index in [0.29, 0.717) is 12.5 Å². The molecule has 1 amide bonds. The van der Waals surface area contributed by atoms with Crippen molar-refractivity contribution in [2.75, 3.05) is 39.8 Å². The van der Waals surface area contributed by atoms with Crippen LogP contribution in [0.2, 0.25) is 0 Å². The number of hydrogen-bond acceptors (Lipinski definition) is 5. The standard InChI is InChI=1S/C14H22N4OS/c1-17(9-13(19)18-6-4-15-5-7-18)8-12-14(11-2-3-11)16-10-20-12/h10-11,15H,2-9H2,1H3. The third kappa shape index (κ3) is 3.37. The number of thiazole rings is 1. The van der Waals surface area contributed by atoms with Gasteiger partial charge in [0.25, 0.3) is 0 Å². The SMILES string of the molecule is CN(CC(=O)N1CCNCC1)Cc1scnc1C1CC1. The second-order valence-electron chi connectivity index (χ2n) is 5.74. The van der Waals surface area contributed by atoms with Crippen LogP contribution in [0.15, 0.2) is 5.51 Å².